The zero-order chi connectivity index (χ0) is 24.0. The van der Waals surface area contributed by atoms with Crippen LogP contribution in [0.3, 0.4) is 0 Å². The van der Waals surface area contributed by atoms with E-state index in [2.05, 4.69) is 16.6 Å². The molecule has 1 fully saturated rings. The SMILES string of the molecule is C=C(c1ccc(OC)cc1)C1CCN(C(=O)c2ccc(C(C)=NC(C)C(F)CC)cn2)CC1. The van der Waals surface area contributed by atoms with Crippen LogP contribution < -0.4 is 4.74 Å². The minimum absolute atomic E-state index is 0.0622. The summed E-state index contributed by atoms with van der Waals surface area (Å²) in [5, 5.41) is 0. The van der Waals surface area contributed by atoms with Crippen LogP contribution >= 0.6 is 0 Å². The molecule has 0 radical (unpaired) electrons. The van der Waals surface area contributed by atoms with Crippen molar-refractivity contribution in [2.45, 2.75) is 52.2 Å². The summed E-state index contributed by atoms with van der Waals surface area (Å²) in [5.41, 5.74) is 4.17. The van der Waals surface area contributed by atoms with Gasteiger partial charge in [0.2, 0.25) is 0 Å². The Kier molecular flexibility index (Phi) is 8.37. The predicted molar refractivity (Wildman–Crippen MR) is 132 cm³/mol. The van der Waals surface area contributed by atoms with Gasteiger partial charge < -0.3 is 9.64 Å². The fraction of sp³-hybridized carbons (Fsp3) is 0.444. The molecule has 5 nitrogen and oxygen atoms in total. The molecular weight excluding hydrogens is 417 g/mol. The van der Waals surface area contributed by atoms with Gasteiger partial charge in [-0.15, -0.1) is 0 Å². The van der Waals surface area contributed by atoms with Crippen LogP contribution in [-0.2, 0) is 0 Å². The summed E-state index contributed by atoms with van der Waals surface area (Å²) in [6, 6.07) is 11.1. The first-order valence-electron chi connectivity index (χ1n) is 11.6. The Balaban J connectivity index is 1.58. The molecule has 0 N–H and O–H groups in total. The molecule has 1 saturated heterocycles. The summed E-state index contributed by atoms with van der Waals surface area (Å²) < 4.78 is 19.0. The van der Waals surface area contributed by atoms with Gasteiger partial charge in [0.15, 0.2) is 0 Å². The third-order valence-electron chi connectivity index (χ3n) is 6.45. The normalized spacial score (nSPS) is 16.9. The molecule has 6 heteroatoms. The third kappa shape index (κ3) is 6.06. The maximum Gasteiger partial charge on any atom is 0.272 e. The Hall–Kier alpha value is -3.02. The molecule has 0 saturated carbocycles. The topological polar surface area (TPSA) is 54.8 Å². The molecule has 1 aliphatic rings. The average molecular weight is 452 g/mol. The van der Waals surface area contributed by atoms with Crippen molar-refractivity contribution in [1.82, 2.24) is 9.88 Å². The van der Waals surface area contributed by atoms with Crippen molar-refractivity contribution >= 4 is 17.2 Å². The van der Waals surface area contributed by atoms with E-state index in [1.807, 2.05) is 49.1 Å². The molecule has 176 valence electrons. The van der Waals surface area contributed by atoms with Crippen LogP contribution in [0, 0.1) is 5.92 Å². The predicted octanol–water partition coefficient (Wildman–Crippen LogP) is 5.60. The minimum atomic E-state index is -0.961. The number of aromatic nitrogens is 1. The lowest BCUT2D eigenvalue weighted by atomic mass is 9.86. The third-order valence-corrected chi connectivity index (χ3v) is 6.45. The number of rotatable bonds is 8. The Bertz CT molecular complexity index is 977. The summed E-state index contributed by atoms with van der Waals surface area (Å²) in [5.74, 6) is 1.11. The van der Waals surface area contributed by atoms with E-state index in [-0.39, 0.29) is 5.91 Å². The minimum Gasteiger partial charge on any atom is -0.497 e. The highest BCUT2D eigenvalue weighted by Crippen LogP contribution is 2.31. The lowest BCUT2D eigenvalue weighted by molar-refractivity contribution is 0.0702. The van der Waals surface area contributed by atoms with Crippen LogP contribution in [0.5, 0.6) is 5.75 Å². The molecule has 0 aliphatic carbocycles. The van der Waals surface area contributed by atoms with Gasteiger partial charge in [-0.25, -0.2) is 4.39 Å². The summed E-state index contributed by atoms with van der Waals surface area (Å²) in [6.45, 7) is 11.1. The Morgan fingerprint density at radius 1 is 1.21 bits per heavy atom. The van der Waals surface area contributed by atoms with E-state index < -0.39 is 12.2 Å². The monoisotopic (exact) mass is 451 g/mol. The average Bonchev–Trinajstić information content (AvgIpc) is 2.87. The lowest BCUT2D eigenvalue weighted by Gasteiger charge is -2.33. The number of halogens is 1. The van der Waals surface area contributed by atoms with Crippen LogP contribution in [0.1, 0.15) is 61.6 Å². The van der Waals surface area contributed by atoms with Gasteiger partial charge in [-0.1, -0.05) is 25.6 Å². The van der Waals surface area contributed by atoms with Crippen molar-refractivity contribution in [3.63, 3.8) is 0 Å². The van der Waals surface area contributed by atoms with E-state index >= 15 is 0 Å². The maximum atomic E-state index is 13.8. The van der Waals surface area contributed by atoms with Gasteiger partial charge in [-0.2, -0.15) is 0 Å². The first-order chi connectivity index (χ1) is 15.8. The number of allylic oxidation sites excluding steroid dienone is 1. The maximum absolute atomic E-state index is 13.8. The largest absolute Gasteiger partial charge is 0.497 e. The van der Waals surface area contributed by atoms with Crippen LogP contribution in [-0.4, -0.2) is 53.9 Å². The van der Waals surface area contributed by atoms with Gasteiger partial charge in [-0.3, -0.25) is 14.8 Å². The fourth-order valence-electron chi connectivity index (χ4n) is 4.17. The van der Waals surface area contributed by atoms with Crippen LogP contribution in [0.2, 0.25) is 0 Å². The molecule has 2 atom stereocenters. The van der Waals surface area contributed by atoms with Crippen LogP contribution in [0.15, 0.2) is 54.2 Å². The Morgan fingerprint density at radius 3 is 2.39 bits per heavy atom. The van der Waals surface area contributed by atoms with Crippen molar-refractivity contribution in [3.8, 4) is 5.75 Å². The second kappa shape index (κ2) is 11.2. The molecule has 1 amide bonds. The first kappa shape index (κ1) is 24.6. The summed E-state index contributed by atoms with van der Waals surface area (Å²) in [6.07, 6.45) is 2.88. The van der Waals surface area contributed by atoms with Crippen molar-refractivity contribution < 1.29 is 13.9 Å². The van der Waals surface area contributed by atoms with Crippen molar-refractivity contribution in [3.05, 3.63) is 66.0 Å². The van der Waals surface area contributed by atoms with Gasteiger partial charge in [0.1, 0.15) is 17.6 Å². The number of hydrogen-bond acceptors (Lipinski definition) is 4. The number of carbonyl (C=O) groups excluding carboxylic acids is 1. The number of pyridine rings is 1. The smallest absolute Gasteiger partial charge is 0.272 e. The standard InChI is InChI=1S/C27H34FN3O2/c1-6-25(28)20(4)30-19(3)23-9-12-26(29-17-23)27(32)31-15-13-22(14-16-31)18(2)21-7-10-24(33-5)11-8-21/h7-12,17,20,22,25H,2,6,13-16H2,1,3-5H3. The molecule has 2 heterocycles. The number of amides is 1. The van der Waals surface area contributed by atoms with E-state index in [1.165, 1.54) is 0 Å². The van der Waals surface area contributed by atoms with Gasteiger partial charge in [0.25, 0.3) is 5.91 Å². The van der Waals surface area contributed by atoms with E-state index in [0.29, 0.717) is 31.1 Å². The summed E-state index contributed by atoms with van der Waals surface area (Å²) in [4.78, 5) is 23.6. The Morgan fingerprint density at radius 2 is 1.85 bits per heavy atom. The summed E-state index contributed by atoms with van der Waals surface area (Å²) >= 11 is 0. The number of carbonyl (C=O) groups is 1. The number of ether oxygens (including phenoxy) is 1. The van der Waals surface area contributed by atoms with Crippen molar-refractivity contribution in [2.75, 3.05) is 20.2 Å². The molecule has 1 aromatic carbocycles. The number of alkyl halides is 1. The van der Waals surface area contributed by atoms with Gasteiger partial charge in [0.05, 0.1) is 13.2 Å². The molecule has 3 rings (SSSR count). The quantitative estimate of drug-likeness (QED) is 0.491. The van der Waals surface area contributed by atoms with E-state index in [0.717, 1.165) is 41.0 Å². The van der Waals surface area contributed by atoms with Gasteiger partial charge in [0, 0.05) is 30.6 Å². The highest BCUT2D eigenvalue weighted by atomic mass is 19.1. The second-order valence-electron chi connectivity index (χ2n) is 8.63. The number of benzene rings is 1. The molecular formula is C27H34FN3O2. The van der Waals surface area contributed by atoms with E-state index in [9.17, 15) is 9.18 Å². The van der Waals surface area contributed by atoms with Crippen molar-refractivity contribution in [2.24, 2.45) is 10.9 Å². The van der Waals surface area contributed by atoms with E-state index in [1.54, 1.807) is 26.3 Å². The molecule has 1 aliphatic heterocycles. The highest BCUT2D eigenvalue weighted by molar-refractivity contribution is 5.99. The van der Waals surface area contributed by atoms with Gasteiger partial charge in [-0.05, 0) is 74.4 Å². The second-order valence-corrected chi connectivity index (χ2v) is 8.63. The number of methoxy groups -OCH3 is 1. The molecule has 33 heavy (non-hydrogen) atoms. The van der Waals surface area contributed by atoms with Crippen molar-refractivity contribution in [1.29, 1.82) is 0 Å². The van der Waals surface area contributed by atoms with Crippen LogP contribution in [0.4, 0.5) is 4.39 Å². The number of likely N-dealkylation sites (tertiary alicyclic amines) is 1. The number of hydrogen-bond donors (Lipinski definition) is 0. The molecule has 2 aromatic rings. The molecule has 1 aromatic heterocycles. The number of nitrogens with zero attached hydrogens (tertiary/aromatic N) is 3. The number of aliphatic imine (C=N–C) groups is 1. The molecule has 2 unspecified atom stereocenters. The zero-order valence-electron chi connectivity index (χ0n) is 20.1. The zero-order valence-corrected chi connectivity index (χ0v) is 20.1. The lowest BCUT2D eigenvalue weighted by Crippen LogP contribution is -2.39. The van der Waals surface area contributed by atoms with Crippen LogP contribution in [0.25, 0.3) is 5.57 Å². The van der Waals surface area contributed by atoms with E-state index in [4.69, 9.17) is 4.74 Å². The fourth-order valence-corrected chi connectivity index (χ4v) is 4.17. The highest BCUT2D eigenvalue weighted by Gasteiger charge is 2.26. The molecule has 0 bridgehead atoms. The Labute approximate surface area is 196 Å². The summed E-state index contributed by atoms with van der Waals surface area (Å²) in [7, 11) is 1.66. The molecule has 0 spiro atoms. The van der Waals surface area contributed by atoms with Gasteiger partial charge >= 0.3 is 0 Å². The first-order valence-corrected chi connectivity index (χ1v) is 11.6. The number of piperidine rings is 1.